The number of ether oxygens (including phenoxy) is 4. The van der Waals surface area contributed by atoms with E-state index in [1.807, 2.05) is 0 Å². The molecule has 336 valence electrons. The van der Waals surface area contributed by atoms with Gasteiger partial charge in [0.1, 0.15) is 0 Å². The van der Waals surface area contributed by atoms with Gasteiger partial charge in [-0.05, 0) is 113 Å². The van der Waals surface area contributed by atoms with Gasteiger partial charge in [-0.2, -0.15) is 0 Å². The molecule has 8 heteroatoms. The molecule has 2 saturated carbocycles. The molecular formula is C49H93NO7. The van der Waals surface area contributed by atoms with Crippen molar-refractivity contribution >= 4 is 11.9 Å². The van der Waals surface area contributed by atoms with Crippen molar-refractivity contribution in [3.63, 3.8) is 0 Å². The number of hydrogen-bond donors (Lipinski definition) is 1. The SMILES string of the molecule is CCCCCCCCOC(CCC(=O)OCCCCCCN(CCO)CCCCCCCC(=O)OCCC1(C)CC2CC(C)CC(C2)C1)OCCCCCCCC. The summed E-state index contributed by atoms with van der Waals surface area (Å²) in [5, 5.41) is 9.59. The monoisotopic (exact) mass is 808 g/mol. The zero-order valence-corrected chi connectivity index (χ0v) is 38.0. The molecule has 2 fully saturated rings. The Morgan fingerprint density at radius 3 is 1.63 bits per heavy atom. The van der Waals surface area contributed by atoms with Crippen LogP contribution in [0, 0.1) is 23.2 Å². The Kier molecular flexibility index (Phi) is 31.4. The Morgan fingerprint density at radius 2 is 1.07 bits per heavy atom. The summed E-state index contributed by atoms with van der Waals surface area (Å²) >= 11 is 0. The minimum atomic E-state index is -0.324. The lowest BCUT2D eigenvalue weighted by atomic mass is 9.59. The van der Waals surface area contributed by atoms with Crippen LogP contribution in [0.4, 0.5) is 0 Å². The van der Waals surface area contributed by atoms with Crippen LogP contribution in [0.5, 0.6) is 0 Å². The summed E-state index contributed by atoms with van der Waals surface area (Å²) in [5.41, 5.74) is 0.352. The summed E-state index contributed by atoms with van der Waals surface area (Å²) in [4.78, 5) is 27.3. The first kappa shape index (κ1) is 51.9. The maximum absolute atomic E-state index is 12.5. The zero-order valence-electron chi connectivity index (χ0n) is 38.0. The number of hydrogen-bond acceptors (Lipinski definition) is 8. The van der Waals surface area contributed by atoms with Gasteiger partial charge in [0.05, 0.1) is 26.2 Å². The molecule has 0 saturated heterocycles. The standard InChI is InChI=1S/C49H93NO7/c1-5-7-9-11-17-24-35-56-48(57-36-25-18-12-10-8-6-2)28-27-47(53)54-34-23-19-16-22-31-50(32-33-51)30-21-15-13-14-20-26-46(52)55-37-29-49(4)41-44-38-43(3)39-45(40-44)42-49/h43-45,48,51H,5-42H2,1-4H3. The molecule has 0 amide bonds. The Balaban J connectivity index is 1.46. The summed E-state index contributed by atoms with van der Waals surface area (Å²) in [6, 6.07) is 0. The van der Waals surface area contributed by atoms with Gasteiger partial charge in [0.25, 0.3) is 0 Å². The molecule has 2 rings (SSSR count). The highest BCUT2D eigenvalue weighted by Crippen LogP contribution is 2.51. The second-order valence-corrected chi connectivity index (χ2v) is 18.7. The third kappa shape index (κ3) is 28.0. The van der Waals surface area contributed by atoms with Gasteiger partial charge >= 0.3 is 11.9 Å². The maximum atomic E-state index is 12.5. The zero-order chi connectivity index (χ0) is 41.2. The third-order valence-corrected chi connectivity index (χ3v) is 12.8. The second kappa shape index (κ2) is 34.5. The summed E-state index contributed by atoms with van der Waals surface area (Å²) in [7, 11) is 0. The fraction of sp³-hybridized carbons (Fsp3) is 0.959. The number of rotatable bonds is 39. The Bertz CT molecular complexity index is 926. The maximum Gasteiger partial charge on any atom is 0.305 e. The van der Waals surface area contributed by atoms with Crippen molar-refractivity contribution in [2.75, 3.05) is 52.7 Å². The summed E-state index contributed by atoms with van der Waals surface area (Å²) in [5.74, 6) is 2.48. The first-order chi connectivity index (χ1) is 27.8. The number of unbranched alkanes of at least 4 members (excludes halogenated alkanes) is 17. The highest BCUT2D eigenvalue weighted by Gasteiger charge is 2.40. The van der Waals surface area contributed by atoms with Crippen LogP contribution in [0.2, 0.25) is 0 Å². The minimum Gasteiger partial charge on any atom is -0.466 e. The first-order valence-electron chi connectivity index (χ1n) is 24.6. The van der Waals surface area contributed by atoms with E-state index in [-0.39, 0.29) is 24.8 Å². The summed E-state index contributed by atoms with van der Waals surface area (Å²) in [6.45, 7) is 14.7. The average molecular weight is 808 g/mol. The van der Waals surface area contributed by atoms with E-state index >= 15 is 0 Å². The lowest BCUT2D eigenvalue weighted by Gasteiger charge is -2.47. The number of nitrogens with zero attached hydrogens (tertiary/aromatic N) is 1. The lowest BCUT2D eigenvalue weighted by Crippen LogP contribution is -2.36. The predicted octanol–water partition coefficient (Wildman–Crippen LogP) is 12.4. The minimum absolute atomic E-state index is 0.0208. The molecule has 2 atom stereocenters. The molecule has 2 aliphatic rings. The van der Waals surface area contributed by atoms with E-state index < -0.39 is 0 Å². The van der Waals surface area contributed by atoms with Crippen LogP contribution >= 0.6 is 0 Å². The van der Waals surface area contributed by atoms with Gasteiger partial charge in [0.15, 0.2) is 6.29 Å². The van der Waals surface area contributed by atoms with Crippen molar-refractivity contribution in [3.8, 4) is 0 Å². The van der Waals surface area contributed by atoms with Crippen molar-refractivity contribution < 1.29 is 33.6 Å². The highest BCUT2D eigenvalue weighted by molar-refractivity contribution is 5.69. The van der Waals surface area contributed by atoms with Crippen molar-refractivity contribution in [1.29, 1.82) is 0 Å². The molecular weight excluding hydrogens is 715 g/mol. The molecule has 2 aliphatic carbocycles. The van der Waals surface area contributed by atoms with Crippen molar-refractivity contribution in [2.24, 2.45) is 23.2 Å². The van der Waals surface area contributed by atoms with Gasteiger partial charge in [0.2, 0.25) is 0 Å². The quantitative estimate of drug-likeness (QED) is 0.0373. The number of esters is 2. The highest BCUT2D eigenvalue weighted by atomic mass is 16.7. The average Bonchev–Trinajstić information content (AvgIpc) is 3.17. The van der Waals surface area contributed by atoms with Crippen molar-refractivity contribution in [2.45, 2.75) is 227 Å². The molecule has 2 bridgehead atoms. The van der Waals surface area contributed by atoms with Gasteiger partial charge in [-0.3, -0.25) is 9.59 Å². The van der Waals surface area contributed by atoms with E-state index in [4.69, 9.17) is 18.9 Å². The molecule has 0 aromatic rings. The molecule has 2 unspecified atom stereocenters. The van der Waals surface area contributed by atoms with Gasteiger partial charge in [-0.1, -0.05) is 124 Å². The van der Waals surface area contributed by atoms with Crippen LogP contribution in [-0.4, -0.2) is 80.9 Å². The van der Waals surface area contributed by atoms with Crippen LogP contribution in [0.1, 0.15) is 220 Å². The molecule has 0 aromatic heterocycles. The Hall–Kier alpha value is -1.22. The van der Waals surface area contributed by atoms with Gasteiger partial charge < -0.3 is 29.0 Å². The van der Waals surface area contributed by atoms with Gasteiger partial charge in [-0.25, -0.2) is 0 Å². The molecule has 0 spiro atoms. The lowest BCUT2D eigenvalue weighted by molar-refractivity contribution is -0.159. The van der Waals surface area contributed by atoms with E-state index in [0.717, 1.165) is 114 Å². The number of carbonyl (C=O) groups is 2. The summed E-state index contributed by atoms with van der Waals surface area (Å²) < 4.78 is 23.4. The fourth-order valence-electron chi connectivity index (χ4n) is 9.70. The van der Waals surface area contributed by atoms with Crippen molar-refractivity contribution in [1.82, 2.24) is 4.90 Å². The second-order valence-electron chi connectivity index (χ2n) is 18.7. The van der Waals surface area contributed by atoms with E-state index in [2.05, 4.69) is 32.6 Å². The number of aliphatic hydroxyl groups is 1. The molecule has 1 N–H and O–H groups in total. The number of fused-ring (bicyclic) bond motifs is 2. The topological polar surface area (TPSA) is 94.5 Å². The smallest absolute Gasteiger partial charge is 0.305 e. The Morgan fingerprint density at radius 1 is 0.596 bits per heavy atom. The van der Waals surface area contributed by atoms with Crippen molar-refractivity contribution in [3.05, 3.63) is 0 Å². The van der Waals surface area contributed by atoms with Crippen LogP contribution in [0.15, 0.2) is 0 Å². The van der Waals surface area contributed by atoms with E-state index in [0.29, 0.717) is 51.1 Å². The number of aliphatic hydroxyl groups excluding tert-OH is 1. The summed E-state index contributed by atoms with van der Waals surface area (Å²) in [6.07, 6.45) is 33.1. The van der Waals surface area contributed by atoms with E-state index in [1.165, 1.54) is 96.3 Å². The van der Waals surface area contributed by atoms with E-state index in [1.54, 1.807) is 0 Å². The largest absolute Gasteiger partial charge is 0.466 e. The molecule has 0 heterocycles. The van der Waals surface area contributed by atoms with Crippen LogP contribution < -0.4 is 0 Å². The van der Waals surface area contributed by atoms with Crippen LogP contribution in [0.3, 0.4) is 0 Å². The van der Waals surface area contributed by atoms with Gasteiger partial charge in [-0.15, -0.1) is 0 Å². The predicted molar refractivity (Wildman–Crippen MR) is 235 cm³/mol. The molecule has 0 radical (unpaired) electrons. The van der Waals surface area contributed by atoms with E-state index in [9.17, 15) is 14.7 Å². The molecule has 0 aromatic carbocycles. The van der Waals surface area contributed by atoms with Crippen LogP contribution in [0.25, 0.3) is 0 Å². The molecule has 0 aliphatic heterocycles. The number of carbonyl (C=O) groups excluding carboxylic acids is 2. The normalized spacial score (nSPS) is 20.7. The van der Waals surface area contributed by atoms with Gasteiger partial charge in [0, 0.05) is 32.6 Å². The third-order valence-electron chi connectivity index (χ3n) is 12.8. The molecule has 8 nitrogen and oxygen atoms in total. The Labute approximate surface area is 352 Å². The van der Waals surface area contributed by atoms with Crippen LogP contribution in [-0.2, 0) is 28.5 Å². The molecule has 57 heavy (non-hydrogen) atoms. The fourth-order valence-corrected chi connectivity index (χ4v) is 9.70. The first-order valence-corrected chi connectivity index (χ1v) is 24.6.